The fraction of sp³-hybridized carbons (Fsp3) is 0.400. The zero-order valence-corrected chi connectivity index (χ0v) is 18.6. The van der Waals surface area contributed by atoms with Gasteiger partial charge in [0.15, 0.2) is 0 Å². The van der Waals surface area contributed by atoms with Crippen LogP contribution in [0.5, 0.6) is 5.75 Å². The normalized spacial score (nSPS) is 15.9. The molecule has 1 unspecified atom stereocenters. The molecule has 0 radical (unpaired) electrons. The molecule has 2 aromatic carbocycles. The summed E-state index contributed by atoms with van der Waals surface area (Å²) in [5.41, 5.74) is 1.43. The Labute approximate surface area is 188 Å². The maximum absolute atomic E-state index is 13.2. The van der Waals surface area contributed by atoms with Crippen molar-refractivity contribution in [1.29, 1.82) is 0 Å². The average Bonchev–Trinajstić information content (AvgIpc) is 2.79. The highest BCUT2D eigenvalue weighted by atomic mass is 16.5. The third-order valence-corrected chi connectivity index (χ3v) is 5.24. The first-order valence-electron chi connectivity index (χ1n) is 10.9. The molecule has 0 aliphatic carbocycles. The first kappa shape index (κ1) is 23.3. The fourth-order valence-corrected chi connectivity index (χ4v) is 3.41. The summed E-state index contributed by atoms with van der Waals surface area (Å²) in [6.07, 6.45) is 0.584. The third-order valence-electron chi connectivity index (χ3n) is 5.24. The molecule has 1 N–H and O–H groups in total. The van der Waals surface area contributed by atoms with Crippen LogP contribution in [0.25, 0.3) is 0 Å². The highest BCUT2D eigenvalue weighted by Crippen LogP contribution is 2.20. The predicted molar refractivity (Wildman–Crippen MR) is 120 cm³/mol. The summed E-state index contributed by atoms with van der Waals surface area (Å²) < 4.78 is 11.1. The van der Waals surface area contributed by atoms with E-state index in [-0.39, 0.29) is 18.2 Å². The van der Waals surface area contributed by atoms with Gasteiger partial charge in [0.2, 0.25) is 5.91 Å². The quantitative estimate of drug-likeness (QED) is 0.608. The van der Waals surface area contributed by atoms with Gasteiger partial charge >= 0.3 is 5.97 Å². The van der Waals surface area contributed by atoms with E-state index in [1.807, 2.05) is 44.2 Å². The van der Waals surface area contributed by atoms with E-state index in [4.69, 9.17) is 9.47 Å². The van der Waals surface area contributed by atoms with Crippen molar-refractivity contribution >= 4 is 17.8 Å². The number of ether oxygens (including phenoxy) is 2. The van der Waals surface area contributed by atoms with E-state index in [1.54, 1.807) is 24.3 Å². The maximum atomic E-state index is 13.2. The van der Waals surface area contributed by atoms with Gasteiger partial charge in [0, 0.05) is 18.7 Å². The molecular formula is C25H30N2O5. The van der Waals surface area contributed by atoms with Crippen LogP contribution >= 0.6 is 0 Å². The van der Waals surface area contributed by atoms with Crippen LogP contribution in [0.4, 0.5) is 0 Å². The number of nitrogens with one attached hydrogen (secondary N) is 1. The van der Waals surface area contributed by atoms with E-state index in [0.29, 0.717) is 43.5 Å². The minimum atomic E-state index is -0.892. The van der Waals surface area contributed by atoms with Gasteiger partial charge in [-0.25, -0.2) is 0 Å². The highest BCUT2D eigenvalue weighted by molar-refractivity contribution is 5.99. The van der Waals surface area contributed by atoms with Gasteiger partial charge in [0.1, 0.15) is 18.4 Å². The molecule has 1 fully saturated rings. The summed E-state index contributed by atoms with van der Waals surface area (Å²) in [6.45, 7) is 5.44. The molecule has 1 saturated heterocycles. The van der Waals surface area contributed by atoms with Crippen LogP contribution in [-0.2, 0) is 20.9 Å². The first-order chi connectivity index (χ1) is 15.4. The number of esters is 1. The van der Waals surface area contributed by atoms with Crippen LogP contribution in [0.3, 0.4) is 0 Å². The summed E-state index contributed by atoms with van der Waals surface area (Å²) >= 11 is 0. The molecule has 0 bridgehead atoms. The molecule has 1 aliphatic heterocycles. The molecule has 0 saturated carbocycles. The summed E-state index contributed by atoms with van der Waals surface area (Å²) in [5.74, 6) is -0.168. The molecule has 0 spiro atoms. The lowest BCUT2D eigenvalue weighted by atomic mass is 10.1. The SMILES string of the molecule is CC(C)CCOC(=O)CC1C(=O)NCCN1C(=O)c1cccc(OCc2ccccc2)c1. The molecule has 32 heavy (non-hydrogen) atoms. The standard InChI is InChI=1S/C25H30N2O5/c1-18(2)11-14-31-23(28)16-22-24(29)26-12-13-27(22)25(30)20-9-6-10-21(15-20)32-17-19-7-4-3-5-8-19/h3-10,15,18,22H,11-14,16-17H2,1-2H3,(H,26,29). The minimum absolute atomic E-state index is 0.167. The van der Waals surface area contributed by atoms with Gasteiger partial charge < -0.3 is 19.7 Å². The van der Waals surface area contributed by atoms with Gasteiger partial charge in [-0.2, -0.15) is 0 Å². The number of nitrogens with zero attached hydrogens (tertiary/aromatic N) is 1. The smallest absolute Gasteiger partial charge is 0.308 e. The van der Waals surface area contributed by atoms with Crippen LogP contribution in [0, 0.1) is 5.92 Å². The predicted octanol–water partition coefficient (Wildman–Crippen LogP) is 3.19. The monoisotopic (exact) mass is 438 g/mol. The lowest BCUT2D eigenvalue weighted by molar-refractivity contribution is -0.148. The van der Waals surface area contributed by atoms with Crippen LogP contribution < -0.4 is 10.1 Å². The second-order valence-electron chi connectivity index (χ2n) is 8.21. The highest BCUT2D eigenvalue weighted by Gasteiger charge is 2.35. The van der Waals surface area contributed by atoms with Crippen molar-refractivity contribution in [3.63, 3.8) is 0 Å². The van der Waals surface area contributed by atoms with Crippen LogP contribution in [0.2, 0.25) is 0 Å². The van der Waals surface area contributed by atoms with E-state index in [1.165, 1.54) is 4.90 Å². The van der Waals surface area contributed by atoms with E-state index in [9.17, 15) is 14.4 Å². The largest absolute Gasteiger partial charge is 0.489 e. The molecule has 7 nitrogen and oxygen atoms in total. The maximum Gasteiger partial charge on any atom is 0.308 e. The Balaban J connectivity index is 1.66. The minimum Gasteiger partial charge on any atom is -0.489 e. The van der Waals surface area contributed by atoms with Crippen molar-refractivity contribution in [2.24, 2.45) is 5.92 Å². The van der Waals surface area contributed by atoms with Crippen molar-refractivity contribution in [2.45, 2.75) is 39.3 Å². The number of amides is 2. The Hall–Kier alpha value is -3.35. The van der Waals surface area contributed by atoms with Crippen molar-refractivity contribution < 1.29 is 23.9 Å². The Bertz CT molecular complexity index is 929. The van der Waals surface area contributed by atoms with Crippen molar-refractivity contribution in [3.05, 3.63) is 65.7 Å². The van der Waals surface area contributed by atoms with Gasteiger partial charge in [-0.3, -0.25) is 14.4 Å². The molecule has 1 heterocycles. The van der Waals surface area contributed by atoms with Gasteiger partial charge in [0.05, 0.1) is 13.0 Å². The average molecular weight is 439 g/mol. The molecular weight excluding hydrogens is 408 g/mol. The molecule has 1 atom stereocenters. The Morgan fingerprint density at radius 2 is 1.91 bits per heavy atom. The number of rotatable bonds is 9. The molecule has 0 aromatic heterocycles. The Morgan fingerprint density at radius 3 is 2.66 bits per heavy atom. The third kappa shape index (κ3) is 6.57. The molecule has 7 heteroatoms. The van der Waals surface area contributed by atoms with E-state index >= 15 is 0 Å². The molecule has 3 rings (SSSR count). The number of hydrogen-bond acceptors (Lipinski definition) is 5. The lowest BCUT2D eigenvalue weighted by Crippen LogP contribution is -2.57. The second kappa shape index (κ2) is 11.3. The number of carbonyl (C=O) groups excluding carboxylic acids is 3. The van der Waals surface area contributed by atoms with Crippen molar-refractivity contribution in [2.75, 3.05) is 19.7 Å². The van der Waals surface area contributed by atoms with E-state index < -0.39 is 12.0 Å². The number of benzene rings is 2. The summed E-state index contributed by atoms with van der Waals surface area (Å²) in [4.78, 5) is 39.4. The van der Waals surface area contributed by atoms with Gasteiger partial charge in [-0.1, -0.05) is 50.2 Å². The van der Waals surface area contributed by atoms with Gasteiger partial charge in [-0.15, -0.1) is 0 Å². The van der Waals surface area contributed by atoms with Crippen LogP contribution in [0.1, 0.15) is 42.6 Å². The van der Waals surface area contributed by atoms with E-state index in [2.05, 4.69) is 5.32 Å². The zero-order chi connectivity index (χ0) is 22.9. The molecule has 1 aliphatic rings. The van der Waals surface area contributed by atoms with Crippen molar-refractivity contribution in [3.8, 4) is 5.75 Å². The van der Waals surface area contributed by atoms with Crippen LogP contribution in [-0.4, -0.2) is 48.4 Å². The van der Waals surface area contributed by atoms with Crippen molar-refractivity contribution in [1.82, 2.24) is 10.2 Å². The molecule has 170 valence electrons. The van der Waals surface area contributed by atoms with Crippen LogP contribution in [0.15, 0.2) is 54.6 Å². The number of carbonyl (C=O) groups is 3. The molecule has 2 amide bonds. The summed E-state index contributed by atoms with van der Waals surface area (Å²) in [6, 6.07) is 15.7. The lowest BCUT2D eigenvalue weighted by Gasteiger charge is -2.34. The van der Waals surface area contributed by atoms with E-state index in [0.717, 1.165) is 12.0 Å². The number of piperazine rings is 1. The van der Waals surface area contributed by atoms with Gasteiger partial charge in [-0.05, 0) is 36.1 Å². The summed E-state index contributed by atoms with van der Waals surface area (Å²) in [5, 5.41) is 2.73. The zero-order valence-electron chi connectivity index (χ0n) is 18.6. The number of hydrogen-bond donors (Lipinski definition) is 1. The Morgan fingerprint density at radius 1 is 1.12 bits per heavy atom. The summed E-state index contributed by atoms with van der Waals surface area (Å²) in [7, 11) is 0. The topological polar surface area (TPSA) is 84.9 Å². The Kier molecular flexibility index (Phi) is 8.25. The molecule has 2 aromatic rings. The fourth-order valence-electron chi connectivity index (χ4n) is 3.41. The van der Waals surface area contributed by atoms with Gasteiger partial charge in [0.25, 0.3) is 5.91 Å². The second-order valence-corrected chi connectivity index (χ2v) is 8.21. The first-order valence-corrected chi connectivity index (χ1v) is 10.9.